The van der Waals surface area contributed by atoms with Gasteiger partial charge < -0.3 is 11.2 Å². The second kappa shape index (κ2) is 7.18. The zero-order chi connectivity index (χ0) is 16.9. The first-order chi connectivity index (χ1) is 11.6. The fourth-order valence-electron chi connectivity index (χ4n) is 2.15. The maximum atomic E-state index is 12.0. The number of benzene rings is 2. The smallest absolute Gasteiger partial charge is 0.234 e. The number of rotatable bonds is 5. The molecule has 1 amide bonds. The Balaban J connectivity index is 1.57. The van der Waals surface area contributed by atoms with Gasteiger partial charge >= 0.3 is 0 Å². The highest BCUT2D eigenvalue weighted by molar-refractivity contribution is 7.99. The molecule has 2 aromatic carbocycles. The molecule has 122 valence electrons. The number of carbonyl (C=O) groups excluding carboxylic acids is 1. The molecular weight excluding hydrogens is 322 g/mol. The Morgan fingerprint density at radius 2 is 1.75 bits per heavy atom. The van der Waals surface area contributed by atoms with Gasteiger partial charge in [-0.15, -0.1) is 10.2 Å². The van der Waals surface area contributed by atoms with Crippen molar-refractivity contribution in [1.82, 2.24) is 14.9 Å². The van der Waals surface area contributed by atoms with Crippen LogP contribution in [-0.2, 0) is 4.79 Å². The SMILES string of the molecule is Cc1nnc(SCC(=O)Nc2ccc(-c3ccccc3)cc2)n1N. The van der Waals surface area contributed by atoms with Crippen molar-refractivity contribution in [2.45, 2.75) is 12.1 Å². The van der Waals surface area contributed by atoms with E-state index in [0.717, 1.165) is 16.8 Å². The van der Waals surface area contributed by atoms with E-state index in [2.05, 4.69) is 27.6 Å². The fourth-order valence-corrected chi connectivity index (χ4v) is 2.85. The number of anilines is 1. The summed E-state index contributed by atoms with van der Waals surface area (Å²) < 4.78 is 1.37. The van der Waals surface area contributed by atoms with Gasteiger partial charge in [0.25, 0.3) is 0 Å². The van der Waals surface area contributed by atoms with Gasteiger partial charge in [-0.3, -0.25) is 4.79 Å². The Bertz CT molecular complexity index is 830. The minimum Gasteiger partial charge on any atom is -0.336 e. The van der Waals surface area contributed by atoms with Crippen molar-refractivity contribution in [3.05, 3.63) is 60.4 Å². The third kappa shape index (κ3) is 3.75. The highest BCUT2D eigenvalue weighted by Gasteiger charge is 2.10. The summed E-state index contributed by atoms with van der Waals surface area (Å²) in [4.78, 5) is 12.0. The molecule has 0 saturated carbocycles. The monoisotopic (exact) mass is 339 g/mol. The Kier molecular flexibility index (Phi) is 4.81. The maximum absolute atomic E-state index is 12.0. The molecule has 0 aliphatic rings. The predicted molar refractivity (Wildman–Crippen MR) is 96.1 cm³/mol. The lowest BCUT2D eigenvalue weighted by molar-refractivity contribution is -0.113. The zero-order valence-electron chi connectivity index (χ0n) is 13.1. The number of aromatic nitrogens is 3. The van der Waals surface area contributed by atoms with E-state index in [1.165, 1.54) is 16.4 Å². The number of nitrogens with one attached hydrogen (secondary N) is 1. The van der Waals surface area contributed by atoms with Gasteiger partial charge in [0.15, 0.2) is 0 Å². The first-order valence-corrected chi connectivity index (χ1v) is 8.37. The van der Waals surface area contributed by atoms with Gasteiger partial charge in [-0.1, -0.05) is 54.2 Å². The standard InChI is InChI=1S/C17H17N5OS/c1-12-20-21-17(22(12)18)24-11-16(23)19-15-9-7-14(8-10-15)13-5-3-2-4-6-13/h2-10H,11,18H2,1H3,(H,19,23). The molecule has 0 fully saturated rings. The first-order valence-electron chi connectivity index (χ1n) is 7.39. The summed E-state index contributed by atoms with van der Waals surface area (Å²) >= 11 is 1.25. The molecule has 1 heterocycles. The van der Waals surface area contributed by atoms with Crippen LogP contribution in [0.1, 0.15) is 5.82 Å². The molecule has 7 heteroatoms. The summed E-state index contributed by atoms with van der Waals surface area (Å²) in [6, 6.07) is 17.8. The molecule has 0 aliphatic carbocycles. The molecule has 3 rings (SSSR count). The normalized spacial score (nSPS) is 10.5. The highest BCUT2D eigenvalue weighted by atomic mass is 32.2. The number of nitrogen functional groups attached to an aromatic ring is 1. The Hall–Kier alpha value is -2.80. The van der Waals surface area contributed by atoms with Crippen LogP contribution in [0.4, 0.5) is 5.69 Å². The van der Waals surface area contributed by atoms with Gasteiger partial charge in [0.05, 0.1) is 5.75 Å². The predicted octanol–water partition coefficient (Wildman–Crippen LogP) is 2.70. The second-order valence-corrected chi connectivity index (χ2v) is 6.12. The van der Waals surface area contributed by atoms with Gasteiger partial charge in [-0.25, -0.2) is 4.68 Å². The molecular formula is C17H17N5OS. The lowest BCUT2D eigenvalue weighted by Crippen LogP contribution is -2.16. The Morgan fingerprint density at radius 3 is 2.38 bits per heavy atom. The largest absolute Gasteiger partial charge is 0.336 e. The van der Waals surface area contributed by atoms with Crippen LogP contribution in [0, 0.1) is 6.92 Å². The summed E-state index contributed by atoms with van der Waals surface area (Å²) in [6.45, 7) is 1.76. The molecule has 0 atom stereocenters. The number of aryl methyl sites for hydroxylation is 1. The third-order valence-electron chi connectivity index (χ3n) is 3.44. The van der Waals surface area contributed by atoms with Crippen LogP contribution >= 0.6 is 11.8 Å². The summed E-state index contributed by atoms with van der Waals surface area (Å²) in [5, 5.41) is 11.1. The average molecular weight is 339 g/mol. The van der Waals surface area contributed by atoms with E-state index in [4.69, 9.17) is 5.84 Å². The van der Waals surface area contributed by atoms with E-state index >= 15 is 0 Å². The molecule has 0 saturated heterocycles. The summed E-state index contributed by atoms with van der Waals surface area (Å²) in [5.74, 6) is 6.46. The van der Waals surface area contributed by atoms with Gasteiger partial charge in [-0.05, 0) is 30.2 Å². The topological polar surface area (TPSA) is 85.8 Å². The molecule has 3 N–H and O–H groups in total. The minimum atomic E-state index is -0.117. The minimum absolute atomic E-state index is 0.117. The van der Waals surface area contributed by atoms with Crippen molar-refractivity contribution < 1.29 is 4.79 Å². The average Bonchev–Trinajstić information content (AvgIpc) is 2.93. The zero-order valence-corrected chi connectivity index (χ0v) is 14.0. The molecule has 6 nitrogen and oxygen atoms in total. The Labute approximate surface area is 144 Å². The first kappa shape index (κ1) is 16.1. The number of nitrogens with zero attached hydrogens (tertiary/aromatic N) is 3. The van der Waals surface area contributed by atoms with E-state index in [-0.39, 0.29) is 11.7 Å². The Morgan fingerprint density at radius 1 is 1.08 bits per heavy atom. The number of hydrogen-bond donors (Lipinski definition) is 2. The number of carbonyl (C=O) groups is 1. The molecule has 1 aromatic heterocycles. The molecule has 3 aromatic rings. The number of amides is 1. The van der Waals surface area contributed by atoms with Crippen LogP contribution < -0.4 is 11.2 Å². The molecule has 0 bridgehead atoms. The van der Waals surface area contributed by atoms with E-state index in [0.29, 0.717) is 11.0 Å². The molecule has 0 radical (unpaired) electrons. The molecule has 0 spiro atoms. The van der Waals surface area contributed by atoms with Gasteiger partial charge in [0, 0.05) is 5.69 Å². The van der Waals surface area contributed by atoms with Crippen LogP contribution in [0.2, 0.25) is 0 Å². The summed E-state index contributed by atoms with van der Waals surface area (Å²) in [6.07, 6.45) is 0. The lowest BCUT2D eigenvalue weighted by Gasteiger charge is -2.07. The summed E-state index contributed by atoms with van der Waals surface area (Å²) in [7, 11) is 0. The van der Waals surface area contributed by atoms with Gasteiger partial charge in [0.2, 0.25) is 11.1 Å². The van der Waals surface area contributed by atoms with E-state index in [1.807, 2.05) is 42.5 Å². The van der Waals surface area contributed by atoms with Crippen molar-refractivity contribution >= 4 is 23.4 Å². The van der Waals surface area contributed by atoms with Gasteiger partial charge in [-0.2, -0.15) is 0 Å². The van der Waals surface area contributed by atoms with E-state index < -0.39 is 0 Å². The lowest BCUT2D eigenvalue weighted by atomic mass is 10.1. The van der Waals surface area contributed by atoms with Crippen LogP contribution in [0.3, 0.4) is 0 Å². The number of thioether (sulfide) groups is 1. The number of nitrogens with two attached hydrogens (primary N) is 1. The van der Waals surface area contributed by atoms with E-state index in [1.54, 1.807) is 6.92 Å². The van der Waals surface area contributed by atoms with Crippen molar-refractivity contribution in [1.29, 1.82) is 0 Å². The highest BCUT2D eigenvalue weighted by Crippen LogP contribution is 2.21. The summed E-state index contributed by atoms with van der Waals surface area (Å²) in [5.41, 5.74) is 3.00. The third-order valence-corrected chi connectivity index (χ3v) is 4.39. The maximum Gasteiger partial charge on any atom is 0.234 e. The van der Waals surface area contributed by atoms with Crippen molar-refractivity contribution in [2.24, 2.45) is 0 Å². The van der Waals surface area contributed by atoms with Crippen molar-refractivity contribution in [2.75, 3.05) is 16.9 Å². The van der Waals surface area contributed by atoms with Gasteiger partial charge in [0.1, 0.15) is 5.82 Å². The fraction of sp³-hybridized carbons (Fsp3) is 0.118. The van der Waals surface area contributed by atoms with Crippen molar-refractivity contribution in [3.8, 4) is 11.1 Å². The van der Waals surface area contributed by atoms with Crippen molar-refractivity contribution in [3.63, 3.8) is 0 Å². The quantitative estimate of drug-likeness (QED) is 0.551. The van der Waals surface area contributed by atoms with E-state index in [9.17, 15) is 4.79 Å². The molecule has 24 heavy (non-hydrogen) atoms. The number of hydrogen-bond acceptors (Lipinski definition) is 5. The van der Waals surface area contributed by atoms with Crippen LogP contribution in [0.25, 0.3) is 11.1 Å². The second-order valence-electron chi connectivity index (χ2n) is 5.18. The van der Waals surface area contributed by atoms with Crippen LogP contribution in [-0.4, -0.2) is 26.5 Å². The molecule has 0 aliphatic heterocycles. The van der Waals surface area contributed by atoms with Crippen LogP contribution in [0.15, 0.2) is 59.8 Å². The molecule has 0 unspecified atom stereocenters. The van der Waals surface area contributed by atoms with Crippen LogP contribution in [0.5, 0.6) is 0 Å².